The lowest BCUT2D eigenvalue weighted by Crippen LogP contribution is -2.29. The molecule has 2 heterocycles. The molecule has 1 aromatic heterocycles. The number of aryl methyl sites for hydroxylation is 1. The van der Waals surface area contributed by atoms with Crippen molar-refractivity contribution in [3.8, 4) is 0 Å². The number of rotatable bonds is 4. The molecular formula is C19H21N3O3S2. The molecule has 0 saturated carbocycles. The number of nitrogens with one attached hydrogen (secondary N) is 2. The van der Waals surface area contributed by atoms with E-state index in [2.05, 4.69) is 15.0 Å². The first-order valence-electron chi connectivity index (χ1n) is 9.10. The van der Waals surface area contributed by atoms with Crippen LogP contribution < -0.4 is 10.0 Å². The van der Waals surface area contributed by atoms with Gasteiger partial charge < -0.3 is 5.32 Å². The summed E-state index contributed by atoms with van der Waals surface area (Å²) in [7, 11) is -3.70. The lowest BCUT2D eigenvalue weighted by atomic mass is 9.95. The maximum Gasteiger partial charge on any atom is 0.262 e. The molecular weight excluding hydrogens is 382 g/mol. The lowest BCUT2D eigenvalue weighted by molar-refractivity contribution is 0.102. The fraction of sp³-hybridized carbons (Fsp3) is 0.368. The molecule has 1 aliphatic heterocycles. The van der Waals surface area contributed by atoms with Crippen molar-refractivity contribution in [2.75, 3.05) is 11.9 Å². The molecule has 2 aliphatic rings. The second-order valence-corrected chi connectivity index (χ2v) is 9.42. The van der Waals surface area contributed by atoms with Gasteiger partial charge in [-0.1, -0.05) is 6.07 Å². The molecule has 0 atom stereocenters. The number of sulfonamides is 1. The number of amidine groups is 1. The smallest absolute Gasteiger partial charge is 0.262 e. The Labute approximate surface area is 162 Å². The van der Waals surface area contributed by atoms with Gasteiger partial charge in [0, 0.05) is 28.9 Å². The SMILES string of the molecule is O=C(Nc1cccc(S(=O)(=O)NC2=NCCC2)c1)c1csc2c1CCCC2. The third-order valence-corrected chi connectivity index (χ3v) is 7.30. The highest BCUT2D eigenvalue weighted by Crippen LogP contribution is 2.30. The van der Waals surface area contributed by atoms with Crippen molar-refractivity contribution in [2.45, 2.75) is 43.4 Å². The van der Waals surface area contributed by atoms with E-state index in [1.54, 1.807) is 23.5 Å². The number of carbonyl (C=O) groups is 1. The number of aliphatic imine (C=N–C) groups is 1. The monoisotopic (exact) mass is 403 g/mol. The van der Waals surface area contributed by atoms with E-state index in [-0.39, 0.29) is 10.8 Å². The second-order valence-electron chi connectivity index (χ2n) is 6.78. The molecule has 0 bridgehead atoms. The minimum Gasteiger partial charge on any atom is -0.322 e. The van der Waals surface area contributed by atoms with Crippen molar-refractivity contribution in [3.05, 3.63) is 45.6 Å². The molecule has 0 fully saturated rings. The van der Waals surface area contributed by atoms with Gasteiger partial charge >= 0.3 is 0 Å². The van der Waals surface area contributed by atoms with Gasteiger partial charge in [0.1, 0.15) is 5.84 Å². The van der Waals surface area contributed by atoms with E-state index < -0.39 is 10.0 Å². The van der Waals surface area contributed by atoms with Gasteiger partial charge in [-0.3, -0.25) is 14.5 Å². The summed E-state index contributed by atoms with van der Waals surface area (Å²) >= 11 is 1.64. The van der Waals surface area contributed by atoms with Crippen LogP contribution in [0.3, 0.4) is 0 Å². The third kappa shape index (κ3) is 3.91. The number of anilines is 1. The Kier molecular flexibility index (Phi) is 5.01. The Morgan fingerprint density at radius 1 is 1.11 bits per heavy atom. The highest BCUT2D eigenvalue weighted by Gasteiger charge is 2.21. The van der Waals surface area contributed by atoms with Crippen LogP contribution in [0.1, 0.15) is 46.5 Å². The minimum atomic E-state index is -3.70. The Balaban J connectivity index is 1.52. The highest BCUT2D eigenvalue weighted by molar-refractivity contribution is 7.90. The average molecular weight is 404 g/mol. The number of hydrogen-bond donors (Lipinski definition) is 2. The van der Waals surface area contributed by atoms with Crippen molar-refractivity contribution in [3.63, 3.8) is 0 Å². The predicted molar refractivity (Wildman–Crippen MR) is 107 cm³/mol. The summed E-state index contributed by atoms with van der Waals surface area (Å²) in [5, 5.41) is 4.75. The van der Waals surface area contributed by atoms with Gasteiger partial charge in [0.25, 0.3) is 15.9 Å². The van der Waals surface area contributed by atoms with Gasteiger partial charge in [-0.05, 0) is 55.9 Å². The molecule has 1 aliphatic carbocycles. The zero-order valence-corrected chi connectivity index (χ0v) is 16.5. The molecule has 0 unspecified atom stereocenters. The number of amides is 1. The first-order chi connectivity index (χ1) is 13.0. The first-order valence-corrected chi connectivity index (χ1v) is 11.5. The van der Waals surface area contributed by atoms with Gasteiger partial charge in [-0.15, -0.1) is 11.3 Å². The molecule has 0 radical (unpaired) electrons. The van der Waals surface area contributed by atoms with Crippen LogP contribution in [0.2, 0.25) is 0 Å². The summed E-state index contributed by atoms with van der Waals surface area (Å²) in [4.78, 5) is 18.3. The molecule has 0 saturated heterocycles. The van der Waals surface area contributed by atoms with Crippen LogP contribution in [0.5, 0.6) is 0 Å². The van der Waals surface area contributed by atoms with Crippen molar-refractivity contribution in [2.24, 2.45) is 4.99 Å². The van der Waals surface area contributed by atoms with Gasteiger partial charge in [0.2, 0.25) is 0 Å². The van der Waals surface area contributed by atoms with Crippen LogP contribution in [0.4, 0.5) is 5.69 Å². The highest BCUT2D eigenvalue weighted by atomic mass is 32.2. The van der Waals surface area contributed by atoms with E-state index in [0.717, 1.165) is 31.2 Å². The van der Waals surface area contributed by atoms with Crippen molar-refractivity contribution < 1.29 is 13.2 Å². The minimum absolute atomic E-state index is 0.113. The quantitative estimate of drug-likeness (QED) is 0.821. The van der Waals surface area contributed by atoms with Gasteiger partial charge in [0.15, 0.2) is 0 Å². The molecule has 1 amide bonds. The van der Waals surface area contributed by atoms with E-state index >= 15 is 0 Å². The number of benzene rings is 1. The Hall–Kier alpha value is -2.19. The Morgan fingerprint density at radius 2 is 1.96 bits per heavy atom. The summed E-state index contributed by atoms with van der Waals surface area (Å²) in [6.45, 7) is 0.652. The van der Waals surface area contributed by atoms with Crippen LogP contribution in [0, 0.1) is 0 Å². The number of nitrogens with zero attached hydrogens (tertiary/aromatic N) is 1. The Morgan fingerprint density at radius 3 is 2.78 bits per heavy atom. The third-order valence-electron chi connectivity index (χ3n) is 4.83. The molecule has 1 aromatic carbocycles. The summed E-state index contributed by atoms with van der Waals surface area (Å²) in [6, 6.07) is 6.32. The van der Waals surface area contributed by atoms with Crippen molar-refractivity contribution in [1.29, 1.82) is 0 Å². The van der Waals surface area contributed by atoms with Crippen LogP contribution in [0.15, 0.2) is 39.5 Å². The molecule has 0 spiro atoms. The van der Waals surface area contributed by atoms with Gasteiger partial charge in [-0.2, -0.15) is 0 Å². The van der Waals surface area contributed by atoms with E-state index in [0.29, 0.717) is 30.1 Å². The van der Waals surface area contributed by atoms with Gasteiger partial charge in [-0.25, -0.2) is 8.42 Å². The van der Waals surface area contributed by atoms with Crippen molar-refractivity contribution in [1.82, 2.24) is 4.72 Å². The topological polar surface area (TPSA) is 87.6 Å². The van der Waals surface area contributed by atoms with E-state index in [4.69, 9.17) is 0 Å². The summed E-state index contributed by atoms with van der Waals surface area (Å²) in [6.07, 6.45) is 5.75. The Bertz CT molecular complexity index is 1010. The standard InChI is InChI=1S/C19H21N3O3S2/c23-19(16-12-26-17-8-2-1-7-15(16)17)21-13-5-3-6-14(11-13)27(24,25)22-18-9-4-10-20-18/h3,5-6,11-12H,1-2,4,7-10H2,(H,20,22)(H,21,23). The number of thiophene rings is 1. The van der Waals surface area contributed by atoms with Crippen molar-refractivity contribution >= 4 is 38.8 Å². The molecule has 6 nitrogen and oxygen atoms in total. The maximum atomic E-state index is 12.7. The largest absolute Gasteiger partial charge is 0.322 e. The zero-order chi connectivity index (χ0) is 18.9. The fourth-order valence-electron chi connectivity index (χ4n) is 3.46. The zero-order valence-electron chi connectivity index (χ0n) is 14.8. The van der Waals surface area contributed by atoms with Gasteiger partial charge in [0.05, 0.1) is 10.5 Å². The molecule has 27 heavy (non-hydrogen) atoms. The first kappa shape index (κ1) is 18.2. The summed E-state index contributed by atoms with van der Waals surface area (Å²) in [5.74, 6) is 0.311. The molecule has 2 aromatic rings. The molecule has 4 rings (SSSR count). The van der Waals surface area contributed by atoms with E-state index in [1.165, 1.54) is 23.4 Å². The van der Waals surface area contributed by atoms with Crippen LogP contribution in [0.25, 0.3) is 0 Å². The number of fused-ring (bicyclic) bond motifs is 1. The van der Waals surface area contributed by atoms with E-state index in [9.17, 15) is 13.2 Å². The predicted octanol–water partition coefficient (Wildman–Crippen LogP) is 3.35. The average Bonchev–Trinajstić information content (AvgIpc) is 3.31. The normalized spacial score (nSPS) is 16.5. The molecule has 2 N–H and O–H groups in total. The lowest BCUT2D eigenvalue weighted by Gasteiger charge is -2.13. The van der Waals surface area contributed by atoms with Crippen LogP contribution in [-0.4, -0.2) is 26.7 Å². The van der Waals surface area contributed by atoms with Crippen LogP contribution >= 0.6 is 11.3 Å². The van der Waals surface area contributed by atoms with E-state index in [1.807, 2.05) is 5.38 Å². The maximum absolute atomic E-state index is 12.7. The molecule has 8 heteroatoms. The molecule has 142 valence electrons. The second kappa shape index (κ2) is 7.44. The fourth-order valence-corrected chi connectivity index (χ4v) is 5.72. The van der Waals surface area contributed by atoms with Crippen LogP contribution in [-0.2, 0) is 22.9 Å². The number of carbonyl (C=O) groups excluding carboxylic acids is 1. The summed E-state index contributed by atoms with van der Waals surface area (Å²) in [5.41, 5.74) is 2.32. The number of hydrogen-bond acceptors (Lipinski definition) is 5. The summed E-state index contributed by atoms with van der Waals surface area (Å²) < 4.78 is 27.6.